The maximum atomic E-state index is 5.36. The smallest absolute Gasteiger partial charge is 0.108 e. The molecule has 1 aromatic heterocycles. The molecule has 1 N–H and O–H groups in total. The summed E-state index contributed by atoms with van der Waals surface area (Å²) in [5, 5.41) is 3.76. The molecule has 134 valence electrons. The fourth-order valence-electron chi connectivity index (χ4n) is 5.18. The molecule has 2 aliphatic carbocycles. The maximum absolute atomic E-state index is 5.36. The highest BCUT2D eigenvalue weighted by Crippen LogP contribution is 2.46. The summed E-state index contributed by atoms with van der Waals surface area (Å²) in [6.07, 6.45) is 13.1. The molecule has 0 amide bonds. The van der Waals surface area contributed by atoms with E-state index in [0.29, 0.717) is 0 Å². The van der Waals surface area contributed by atoms with Crippen LogP contribution in [0.25, 0.3) is 0 Å². The number of anilines is 1. The number of nitrogens with one attached hydrogen (secondary N) is 1. The number of aliphatic imine (C=N–C) groups is 1. The molecule has 26 heavy (non-hydrogen) atoms. The van der Waals surface area contributed by atoms with Gasteiger partial charge in [0.1, 0.15) is 5.84 Å². The lowest BCUT2D eigenvalue weighted by Crippen LogP contribution is -2.43. The first-order chi connectivity index (χ1) is 12.8. The van der Waals surface area contributed by atoms with E-state index in [1.165, 1.54) is 66.9 Å². The van der Waals surface area contributed by atoms with Crippen LogP contribution in [0.5, 0.6) is 0 Å². The number of hydrogen-bond acceptors (Lipinski definition) is 2. The first-order valence-electron chi connectivity index (χ1n) is 10.2. The van der Waals surface area contributed by atoms with Gasteiger partial charge in [-0.25, -0.2) is 0 Å². The molecule has 2 heterocycles. The van der Waals surface area contributed by atoms with Crippen molar-refractivity contribution in [1.29, 1.82) is 0 Å². The zero-order chi connectivity index (χ0) is 17.4. The van der Waals surface area contributed by atoms with E-state index in [4.69, 9.17) is 9.98 Å². The molecule has 0 bridgehead atoms. The second-order valence-electron chi connectivity index (χ2n) is 8.23. The standard InChI is InChI=1S/C23H27N3/c1-4-13-23(14-5-1)16-18-8-2-3-11-19(18)25-22(23)26-20-12-6-9-17-10-7-15-24-21(17)20/h2-3,7-8,10-11,15,20H,1,4-6,9,12-14,16H2,(H,25,26). The number of amidine groups is 1. The zero-order valence-corrected chi connectivity index (χ0v) is 15.4. The van der Waals surface area contributed by atoms with Crippen LogP contribution in [0.1, 0.15) is 67.8 Å². The van der Waals surface area contributed by atoms with Crippen LogP contribution in [0, 0.1) is 5.41 Å². The van der Waals surface area contributed by atoms with E-state index in [-0.39, 0.29) is 11.5 Å². The third-order valence-corrected chi connectivity index (χ3v) is 6.56. The highest BCUT2D eigenvalue weighted by Gasteiger charge is 2.41. The molecule has 0 saturated heterocycles. The molecule has 0 radical (unpaired) electrons. The van der Waals surface area contributed by atoms with Gasteiger partial charge < -0.3 is 5.32 Å². The van der Waals surface area contributed by atoms with Crippen LogP contribution in [0.2, 0.25) is 0 Å². The Bertz CT molecular complexity index is 833. The summed E-state index contributed by atoms with van der Waals surface area (Å²) >= 11 is 0. The number of benzene rings is 1. The first-order valence-corrected chi connectivity index (χ1v) is 10.2. The number of para-hydroxylation sites is 1. The second kappa shape index (κ2) is 6.53. The number of aryl methyl sites for hydroxylation is 1. The van der Waals surface area contributed by atoms with E-state index in [0.717, 1.165) is 19.3 Å². The number of aromatic nitrogens is 1. The van der Waals surface area contributed by atoms with E-state index in [1.807, 2.05) is 6.20 Å². The van der Waals surface area contributed by atoms with Crippen LogP contribution in [-0.2, 0) is 12.8 Å². The molecule has 1 fully saturated rings. The lowest BCUT2D eigenvalue weighted by atomic mass is 9.67. The van der Waals surface area contributed by atoms with Gasteiger partial charge in [-0.05, 0) is 61.8 Å². The van der Waals surface area contributed by atoms with E-state index in [9.17, 15) is 0 Å². The van der Waals surface area contributed by atoms with Crippen LogP contribution in [0.3, 0.4) is 0 Å². The lowest BCUT2D eigenvalue weighted by molar-refractivity contribution is 0.277. The fourth-order valence-corrected chi connectivity index (χ4v) is 5.18. The van der Waals surface area contributed by atoms with E-state index in [2.05, 4.69) is 41.7 Å². The van der Waals surface area contributed by atoms with Crippen molar-refractivity contribution in [2.75, 3.05) is 5.32 Å². The van der Waals surface area contributed by atoms with Crippen LogP contribution in [-0.4, -0.2) is 10.8 Å². The van der Waals surface area contributed by atoms with E-state index in [1.54, 1.807) is 0 Å². The van der Waals surface area contributed by atoms with Gasteiger partial charge in [-0.1, -0.05) is 43.5 Å². The summed E-state index contributed by atoms with van der Waals surface area (Å²) in [4.78, 5) is 10.1. The highest BCUT2D eigenvalue weighted by molar-refractivity contribution is 6.02. The highest BCUT2D eigenvalue weighted by atomic mass is 15.1. The van der Waals surface area contributed by atoms with Gasteiger partial charge in [-0.3, -0.25) is 9.98 Å². The summed E-state index contributed by atoms with van der Waals surface area (Å²) < 4.78 is 0. The second-order valence-corrected chi connectivity index (χ2v) is 8.23. The van der Waals surface area contributed by atoms with Gasteiger partial charge in [-0.15, -0.1) is 0 Å². The Hall–Kier alpha value is -2.16. The minimum Gasteiger partial charge on any atom is -0.343 e. The Kier molecular flexibility index (Phi) is 4.03. The number of rotatable bonds is 1. The Morgan fingerprint density at radius 2 is 1.81 bits per heavy atom. The molecule has 1 spiro atoms. The molecule has 3 nitrogen and oxygen atoms in total. The van der Waals surface area contributed by atoms with Crippen LogP contribution in [0.4, 0.5) is 5.69 Å². The van der Waals surface area contributed by atoms with Crippen LogP contribution in [0.15, 0.2) is 47.6 Å². The molecule has 1 aliphatic heterocycles. The van der Waals surface area contributed by atoms with Gasteiger partial charge in [0, 0.05) is 17.3 Å². The van der Waals surface area contributed by atoms with Gasteiger partial charge in [0.05, 0.1) is 11.7 Å². The molecule has 1 saturated carbocycles. The Labute approximate surface area is 156 Å². The normalized spacial score (nSPS) is 25.4. The summed E-state index contributed by atoms with van der Waals surface area (Å²) in [5.74, 6) is 1.24. The van der Waals surface area contributed by atoms with Crippen molar-refractivity contribution >= 4 is 11.5 Å². The van der Waals surface area contributed by atoms with E-state index >= 15 is 0 Å². The molecule has 1 atom stereocenters. The van der Waals surface area contributed by atoms with Gasteiger partial charge in [0.25, 0.3) is 0 Å². The van der Waals surface area contributed by atoms with Crippen molar-refractivity contribution in [3.8, 4) is 0 Å². The largest absolute Gasteiger partial charge is 0.343 e. The lowest BCUT2D eigenvalue weighted by Gasteiger charge is -2.43. The minimum atomic E-state index is 0.207. The predicted molar refractivity (Wildman–Crippen MR) is 107 cm³/mol. The van der Waals surface area contributed by atoms with Crippen LogP contribution < -0.4 is 5.32 Å². The van der Waals surface area contributed by atoms with Gasteiger partial charge in [0.2, 0.25) is 0 Å². The number of nitrogens with zero attached hydrogens (tertiary/aromatic N) is 2. The molecule has 3 aliphatic rings. The molecule has 5 rings (SSSR count). The predicted octanol–water partition coefficient (Wildman–Crippen LogP) is 5.48. The number of hydrogen-bond donors (Lipinski definition) is 1. The van der Waals surface area contributed by atoms with Crippen molar-refractivity contribution in [2.24, 2.45) is 10.4 Å². The maximum Gasteiger partial charge on any atom is 0.108 e. The third kappa shape index (κ3) is 2.74. The monoisotopic (exact) mass is 345 g/mol. The van der Waals surface area contributed by atoms with Crippen LogP contribution >= 0.6 is 0 Å². The molecule has 1 unspecified atom stereocenters. The van der Waals surface area contributed by atoms with Crippen molar-refractivity contribution in [2.45, 2.75) is 63.8 Å². The number of fused-ring (bicyclic) bond motifs is 2. The van der Waals surface area contributed by atoms with Gasteiger partial charge in [-0.2, -0.15) is 0 Å². The van der Waals surface area contributed by atoms with Crippen molar-refractivity contribution in [3.05, 3.63) is 59.4 Å². The summed E-state index contributed by atoms with van der Waals surface area (Å²) in [5.41, 5.74) is 5.51. The summed E-state index contributed by atoms with van der Waals surface area (Å²) in [6, 6.07) is 13.3. The van der Waals surface area contributed by atoms with E-state index < -0.39 is 0 Å². The Balaban J connectivity index is 1.57. The Morgan fingerprint density at radius 3 is 2.73 bits per heavy atom. The number of pyridine rings is 1. The van der Waals surface area contributed by atoms with Crippen molar-refractivity contribution in [1.82, 2.24) is 4.98 Å². The van der Waals surface area contributed by atoms with Crippen molar-refractivity contribution in [3.63, 3.8) is 0 Å². The minimum absolute atomic E-state index is 0.207. The quantitative estimate of drug-likeness (QED) is 0.743. The fraction of sp³-hybridized carbons (Fsp3) is 0.478. The molecule has 2 aromatic rings. The van der Waals surface area contributed by atoms with Gasteiger partial charge in [0.15, 0.2) is 0 Å². The topological polar surface area (TPSA) is 37.3 Å². The van der Waals surface area contributed by atoms with Gasteiger partial charge >= 0.3 is 0 Å². The van der Waals surface area contributed by atoms with Crippen molar-refractivity contribution < 1.29 is 0 Å². The molecular weight excluding hydrogens is 318 g/mol. The molecular formula is C23H27N3. The SMILES string of the molecule is c1ccc2c(c1)CC1(CCCCC1)C(=NC1CCCc3cccnc31)N2. The summed E-state index contributed by atoms with van der Waals surface area (Å²) in [7, 11) is 0. The molecule has 1 aromatic carbocycles. The zero-order valence-electron chi connectivity index (χ0n) is 15.4. The third-order valence-electron chi connectivity index (χ3n) is 6.56. The Morgan fingerprint density at radius 1 is 0.962 bits per heavy atom. The summed E-state index contributed by atoms with van der Waals surface area (Å²) in [6.45, 7) is 0. The first kappa shape index (κ1) is 16.0. The molecule has 3 heteroatoms. The average molecular weight is 345 g/mol. The average Bonchev–Trinajstić information content (AvgIpc) is 2.69.